The van der Waals surface area contributed by atoms with E-state index in [1.807, 2.05) is 17.8 Å². The summed E-state index contributed by atoms with van der Waals surface area (Å²) in [7, 11) is 2.00. The van der Waals surface area contributed by atoms with Crippen molar-refractivity contribution >= 4 is 22.7 Å². The fourth-order valence-corrected chi connectivity index (χ4v) is 3.63. The van der Waals surface area contributed by atoms with Crippen molar-refractivity contribution in [2.24, 2.45) is 7.05 Å². The van der Waals surface area contributed by atoms with Crippen molar-refractivity contribution in [3.63, 3.8) is 0 Å². The van der Waals surface area contributed by atoms with Gasteiger partial charge in [0, 0.05) is 29.2 Å². The van der Waals surface area contributed by atoms with Gasteiger partial charge in [-0.1, -0.05) is 90.6 Å². The smallest absolute Gasteiger partial charge is 0.0756 e. The molecule has 0 spiro atoms. The zero-order valence-corrected chi connectivity index (χ0v) is 18.8. The van der Waals surface area contributed by atoms with Crippen LogP contribution < -0.4 is 5.32 Å². The number of aromatic nitrogens is 2. The maximum Gasteiger partial charge on any atom is 0.0756 e. The Hall–Kier alpha value is -2.81. The minimum atomic E-state index is 0.112. The van der Waals surface area contributed by atoms with Gasteiger partial charge in [-0.05, 0) is 28.7 Å². The summed E-state index contributed by atoms with van der Waals surface area (Å²) in [6, 6.07) is 14.8. The van der Waals surface area contributed by atoms with Crippen LogP contribution in [0, 0.1) is 0 Å². The molecule has 0 atom stereocenters. The first-order valence-corrected chi connectivity index (χ1v) is 10.2. The highest BCUT2D eigenvalue weighted by Crippen LogP contribution is 2.35. The Morgan fingerprint density at radius 3 is 2.21 bits per heavy atom. The highest BCUT2D eigenvalue weighted by molar-refractivity contribution is 5.82. The monoisotopic (exact) mass is 387 g/mol. The highest BCUT2D eigenvalue weighted by Gasteiger charge is 2.21. The van der Waals surface area contributed by atoms with Crippen molar-refractivity contribution < 1.29 is 0 Å². The molecule has 0 aliphatic carbocycles. The van der Waals surface area contributed by atoms with Gasteiger partial charge in [0.1, 0.15) is 0 Å². The first-order chi connectivity index (χ1) is 13.5. The van der Waals surface area contributed by atoms with E-state index in [2.05, 4.69) is 107 Å². The van der Waals surface area contributed by atoms with E-state index in [0.717, 1.165) is 5.70 Å². The molecule has 1 aliphatic rings. The summed E-state index contributed by atoms with van der Waals surface area (Å²) in [5.41, 5.74) is 7.40. The molecular formula is C26H33N3. The van der Waals surface area contributed by atoms with Crippen LogP contribution in [0.2, 0.25) is 0 Å². The topological polar surface area (TPSA) is 29.9 Å². The Balaban J connectivity index is 0.000000166. The van der Waals surface area contributed by atoms with Gasteiger partial charge in [0.15, 0.2) is 0 Å². The number of hydrogen-bond acceptors (Lipinski definition) is 2. The molecule has 3 aromatic rings. The summed E-state index contributed by atoms with van der Waals surface area (Å²) < 4.78 is 1.95. The van der Waals surface area contributed by atoms with Crippen molar-refractivity contribution in [3.05, 3.63) is 77.6 Å². The predicted octanol–water partition coefficient (Wildman–Crippen LogP) is 6.81. The lowest BCUT2D eigenvalue weighted by Crippen LogP contribution is -2.16. The SMILES string of the molecule is C=C1C=Cc2cccc(C(C)(C)C)c2N1.Cn1nc(C(C)(C)C)c2ccccc21. The van der Waals surface area contributed by atoms with Crippen molar-refractivity contribution in [2.45, 2.75) is 52.4 Å². The number of anilines is 1. The van der Waals surface area contributed by atoms with Crippen molar-refractivity contribution in [1.82, 2.24) is 9.78 Å². The summed E-state index contributed by atoms with van der Waals surface area (Å²) in [6.45, 7) is 17.2. The summed E-state index contributed by atoms with van der Waals surface area (Å²) in [6.07, 6.45) is 4.12. The van der Waals surface area contributed by atoms with Gasteiger partial charge in [-0.15, -0.1) is 0 Å². The maximum atomic E-state index is 4.58. The molecule has 0 fully saturated rings. The summed E-state index contributed by atoms with van der Waals surface area (Å²) in [5.74, 6) is 0. The van der Waals surface area contributed by atoms with Gasteiger partial charge in [0.2, 0.25) is 0 Å². The predicted molar refractivity (Wildman–Crippen MR) is 126 cm³/mol. The number of benzene rings is 2. The van der Waals surface area contributed by atoms with Crippen LogP contribution in [0.4, 0.5) is 5.69 Å². The van der Waals surface area contributed by atoms with Crippen LogP contribution in [-0.2, 0) is 17.9 Å². The lowest BCUT2D eigenvalue weighted by molar-refractivity contribution is 0.558. The van der Waals surface area contributed by atoms with E-state index >= 15 is 0 Å². The number of nitrogens with one attached hydrogen (secondary N) is 1. The molecule has 0 radical (unpaired) electrons. The van der Waals surface area contributed by atoms with Gasteiger partial charge >= 0.3 is 0 Å². The van der Waals surface area contributed by atoms with E-state index in [1.165, 1.54) is 33.4 Å². The molecule has 4 rings (SSSR count). The molecule has 0 saturated carbocycles. The lowest BCUT2D eigenvalue weighted by Gasteiger charge is -2.26. The normalized spacial score (nSPS) is 13.6. The summed E-state index contributed by atoms with van der Waals surface area (Å²) in [4.78, 5) is 0. The molecule has 152 valence electrons. The number of hydrogen-bond donors (Lipinski definition) is 1. The molecule has 1 N–H and O–H groups in total. The van der Waals surface area contributed by atoms with E-state index < -0.39 is 0 Å². The number of rotatable bonds is 0. The Morgan fingerprint density at radius 2 is 1.55 bits per heavy atom. The van der Waals surface area contributed by atoms with E-state index in [1.54, 1.807) is 0 Å². The van der Waals surface area contributed by atoms with Crippen LogP contribution in [0.5, 0.6) is 0 Å². The third-order valence-corrected chi connectivity index (χ3v) is 5.12. The molecule has 0 bridgehead atoms. The minimum absolute atomic E-state index is 0.112. The van der Waals surface area contributed by atoms with Crippen LogP contribution in [-0.4, -0.2) is 9.78 Å². The average molecular weight is 388 g/mol. The molecular weight excluding hydrogens is 354 g/mol. The van der Waals surface area contributed by atoms with Crippen LogP contribution in [0.25, 0.3) is 17.0 Å². The largest absolute Gasteiger partial charge is 0.355 e. The van der Waals surface area contributed by atoms with Crippen molar-refractivity contribution in [3.8, 4) is 0 Å². The molecule has 29 heavy (non-hydrogen) atoms. The molecule has 1 aromatic heterocycles. The van der Waals surface area contributed by atoms with E-state index in [9.17, 15) is 0 Å². The molecule has 2 heterocycles. The number of allylic oxidation sites excluding steroid dienone is 1. The second kappa shape index (κ2) is 7.55. The second-order valence-electron chi connectivity index (χ2n) is 9.74. The van der Waals surface area contributed by atoms with Gasteiger partial charge in [-0.25, -0.2) is 0 Å². The zero-order valence-electron chi connectivity index (χ0n) is 18.8. The second-order valence-corrected chi connectivity index (χ2v) is 9.74. The van der Waals surface area contributed by atoms with Crippen molar-refractivity contribution in [1.29, 1.82) is 0 Å². The third kappa shape index (κ3) is 4.45. The van der Waals surface area contributed by atoms with Gasteiger partial charge < -0.3 is 5.32 Å². The minimum Gasteiger partial charge on any atom is -0.355 e. The molecule has 0 amide bonds. The quantitative estimate of drug-likeness (QED) is 0.459. The molecule has 0 saturated heterocycles. The Bertz CT molecular complexity index is 1070. The molecule has 3 heteroatoms. The fourth-order valence-electron chi connectivity index (χ4n) is 3.63. The van der Waals surface area contributed by atoms with Crippen molar-refractivity contribution in [2.75, 3.05) is 5.32 Å². The summed E-state index contributed by atoms with van der Waals surface area (Å²) in [5, 5.41) is 9.20. The first-order valence-electron chi connectivity index (χ1n) is 10.2. The van der Waals surface area contributed by atoms with Crippen LogP contribution in [0.3, 0.4) is 0 Å². The molecule has 1 aliphatic heterocycles. The van der Waals surface area contributed by atoms with Gasteiger partial charge in [-0.2, -0.15) is 5.10 Å². The molecule has 2 aromatic carbocycles. The highest BCUT2D eigenvalue weighted by atomic mass is 15.3. The number of nitrogens with zero attached hydrogens (tertiary/aromatic N) is 2. The maximum absolute atomic E-state index is 4.58. The van der Waals surface area contributed by atoms with Gasteiger partial charge in [0.05, 0.1) is 11.2 Å². The van der Waals surface area contributed by atoms with Crippen LogP contribution in [0.15, 0.2) is 60.8 Å². The standard InChI is InChI=1S/C14H17N.C12H16N2/c1-10-8-9-11-6-5-7-12(13(11)15-10)14(2,3)4;1-12(2,3)11-9-7-5-6-8-10(9)14(4)13-11/h5-9,15H,1H2,2-4H3;5-8H,1-4H3. The lowest BCUT2D eigenvalue weighted by atomic mass is 9.84. The number of para-hydroxylation sites is 2. The molecule has 0 unspecified atom stereocenters. The van der Waals surface area contributed by atoms with E-state index in [-0.39, 0.29) is 10.8 Å². The summed E-state index contributed by atoms with van der Waals surface area (Å²) >= 11 is 0. The molecule has 3 nitrogen and oxygen atoms in total. The Morgan fingerprint density at radius 1 is 0.862 bits per heavy atom. The third-order valence-electron chi connectivity index (χ3n) is 5.12. The first kappa shape index (κ1) is 20.9. The van der Waals surface area contributed by atoms with Crippen LogP contribution in [0.1, 0.15) is 58.4 Å². The fraction of sp³-hybridized carbons (Fsp3) is 0.346. The van der Waals surface area contributed by atoms with Crippen LogP contribution >= 0.6 is 0 Å². The van der Waals surface area contributed by atoms with E-state index in [0.29, 0.717) is 0 Å². The zero-order chi connectivity index (χ0) is 21.4. The number of fused-ring (bicyclic) bond motifs is 2. The van der Waals surface area contributed by atoms with Gasteiger partial charge in [0.25, 0.3) is 0 Å². The Kier molecular flexibility index (Phi) is 5.44. The number of aryl methyl sites for hydroxylation is 1. The van der Waals surface area contributed by atoms with Gasteiger partial charge in [-0.3, -0.25) is 4.68 Å². The average Bonchev–Trinajstić information content (AvgIpc) is 2.98. The van der Waals surface area contributed by atoms with E-state index in [4.69, 9.17) is 0 Å². The Labute approximate surface area is 175 Å².